The van der Waals surface area contributed by atoms with E-state index in [0.29, 0.717) is 6.54 Å². The van der Waals surface area contributed by atoms with E-state index in [4.69, 9.17) is 4.74 Å². The Morgan fingerprint density at radius 3 is 2.83 bits per heavy atom. The Kier molecular flexibility index (Phi) is 3.67. The summed E-state index contributed by atoms with van der Waals surface area (Å²) < 4.78 is 5.25. The minimum absolute atomic E-state index is 0.107. The molecule has 1 N–H and O–H groups in total. The molecule has 1 amide bonds. The van der Waals surface area contributed by atoms with Crippen LogP contribution in [0.3, 0.4) is 0 Å². The van der Waals surface area contributed by atoms with E-state index in [9.17, 15) is 9.90 Å². The third-order valence-corrected chi connectivity index (χ3v) is 3.13. The van der Waals surface area contributed by atoms with Gasteiger partial charge in [-0.3, -0.25) is 4.90 Å². The molecule has 1 aromatic carbocycles. The molecular formula is C14H17NO3. The molecule has 0 spiro atoms. The zero-order chi connectivity index (χ0) is 13.0. The maximum absolute atomic E-state index is 11.9. The molecule has 1 heterocycles. The fourth-order valence-electron chi connectivity index (χ4n) is 1.93. The van der Waals surface area contributed by atoms with E-state index in [1.165, 1.54) is 4.90 Å². The van der Waals surface area contributed by atoms with Crippen molar-refractivity contribution in [3.05, 3.63) is 48.0 Å². The van der Waals surface area contributed by atoms with Crippen LogP contribution in [0.15, 0.2) is 42.5 Å². The Balaban J connectivity index is 1.93. The lowest BCUT2D eigenvalue weighted by atomic mass is 10.1. The number of nitrogens with zero attached hydrogens (tertiary/aromatic N) is 1. The monoisotopic (exact) mass is 247 g/mol. The highest BCUT2D eigenvalue weighted by Crippen LogP contribution is 2.23. The maximum atomic E-state index is 11.9. The van der Waals surface area contributed by atoms with Gasteiger partial charge in [0.25, 0.3) is 0 Å². The number of amides is 1. The van der Waals surface area contributed by atoms with Crippen LogP contribution in [0.5, 0.6) is 0 Å². The smallest absolute Gasteiger partial charge is 0.411 e. The molecule has 1 unspecified atom stereocenters. The van der Waals surface area contributed by atoms with Crippen molar-refractivity contribution >= 4 is 6.09 Å². The van der Waals surface area contributed by atoms with Gasteiger partial charge in [0, 0.05) is 6.54 Å². The number of aliphatic hydroxyl groups excluding tert-OH is 1. The summed E-state index contributed by atoms with van der Waals surface area (Å²) in [6, 6.07) is 9.52. The molecule has 1 aromatic rings. The van der Waals surface area contributed by atoms with Crippen molar-refractivity contribution in [3.8, 4) is 0 Å². The molecule has 18 heavy (non-hydrogen) atoms. The SMILES string of the molecule is CC1(CO)C=CCN1C(=O)OCc1ccccc1. The van der Waals surface area contributed by atoms with E-state index < -0.39 is 11.6 Å². The van der Waals surface area contributed by atoms with Crippen LogP contribution in [0.4, 0.5) is 4.79 Å². The third-order valence-electron chi connectivity index (χ3n) is 3.13. The van der Waals surface area contributed by atoms with Gasteiger partial charge in [-0.2, -0.15) is 0 Å². The van der Waals surface area contributed by atoms with Crippen LogP contribution in [0, 0.1) is 0 Å². The predicted molar refractivity (Wildman–Crippen MR) is 68.0 cm³/mol. The summed E-state index contributed by atoms with van der Waals surface area (Å²) in [5.74, 6) is 0. The number of aliphatic hydroxyl groups is 1. The Hall–Kier alpha value is -1.81. The molecule has 1 atom stereocenters. The van der Waals surface area contributed by atoms with Crippen molar-refractivity contribution in [1.29, 1.82) is 0 Å². The fourth-order valence-corrected chi connectivity index (χ4v) is 1.93. The highest BCUT2D eigenvalue weighted by molar-refractivity contribution is 5.70. The average Bonchev–Trinajstić information content (AvgIpc) is 2.80. The second-order valence-electron chi connectivity index (χ2n) is 4.57. The Labute approximate surface area is 106 Å². The number of hydrogen-bond acceptors (Lipinski definition) is 3. The first-order valence-corrected chi connectivity index (χ1v) is 5.92. The lowest BCUT2D eigenvalue weighted by molar-refractivity contribution is 0.0561. The minimum atomic E-state index is -0.645. The Morgan fingerprint density at radius 2 is 2.17 bits per heavy atom. The topological polar surface area (TPSA) is 49.8 Å². The standard InChI is InChI=1S/C14H17NO3/c1-14(11-16)8-5-9-15(14)13(17)18-10-12-6-3-2-4-7-12/h2-8,16H,9-11H2,1H3. The summed E-state index contributed by atoms with van der Waals surface area (Å²) in [4.78, 5) is 13.5. The Morgan fingerprint density at radius 1 is 1.44 bits per heavy atom. The van der Waals surface area contributed by atoms with E-state index in [0.717, 1.165) is 5.56 Å². The van der Waals surface area contributed by atoms with E-state index in [-0.39, 0.29) is 13.2 Å². The molecule has 0 aliphatic carbocycles. The molecule has 0 aromatic heterocycles. The van der Waals surface area contributed by atoms with Crippen LogP contribution < -0.4 is 0 Å². The number of carbonyl (C=O) groups excluding carboxylic acids is 1. The van der Waals surface area contributed by atoms with Crippen LogP contribution in [-0.4, -0.2) is 34.8 Å². The number of benzene rings is 1. The van der Waals surface area contributed by atoms with Gasteiger partial charge < -0.3 is 9.84 Å². The van der Waals surface area contributed by atoms with Gasteiger partial charge >= 0.3 is 6.09 Å². The van der Waals surface area contributed by atoms with E-state index in [1.807, 2.05) is 42.5 Å². The molecule has 1 aliphatic rings. The number of hydrogen-bond donors (Lipinski definition) is 1. The van der Waals surface area contributed by atoms with Gasteiger partial charge in [0.05, 0.1) is 12.1 Å². The van der Waals surface area contributed by atoms with E-state index in [2.05, 4.69) is 0 Å². The van der Waals surface area contributed by atoms with Crippen molar-refractivity contribution in [2.24, 2.45) is 0 Å². The van der Waals surface area contributed by atoms with Crippen molar-refractivity contribution in [2.75, 3.05) is 13.2 Å². The molecule has 4 heteroatoms. The van der Waals surface area contributed by atoms with Crippen molar-refractivity contribution in [2.45, 2.75) is 19.1 Å². The van der Waals surface area contributed by atoms with Crippen LogP contribution in [0.2, 0.25) is 0 Å². The van der Waals surface area contributed by atoms with Gasteiger partial charge in [-0.1, -0.05) is 42.5 Å². The molecule has 0 fully saturated rings. The average molecular weight is 247 g/mol. The second-order valence-corrected chi connectivity index (χ2v) is 4.57. The van der Waals surface area contributed by atoms with Gasteiger partial charge in [0.15, 0.2) is 0 Å². The molecule has 0 bridgehead atoms. The second kappa shape index (κ2) is 5.23. The fraction of sp³-hybridized carbons (Fsp3) is 0.357. The molecule has 0 saturated carbocycles. The zero-order valence-corrected chi connectivity index (χ0v) is 10.4. The first-order chi connectivity index (χ1) is 8.65. The summed E-state index contributed by atoms with van der Waals surface area (Å²) >= 11 is 0. The third kappa shape index (κ3) is 2.54. The molecule has 1 aliphatic heterocycles. The summed E-state index contributed by atoms with van der Waals surface area (Å²) in [7, 11) is 0. The summed E-state index contributed by atoms with van der Waals surface area (Å²) in [6.45, 7) is 2.42. The highest BCUT2D eigenvalue weighted by atomic mass is 16.6. The maximum Gasteiger partial charge on any atom is 0.411 e. The summed E-state index contributed by atoms with van der Waals surface area (Å²) in [5.41, 5.74) is 0.303. The van der Waals surface area contributed by atoms with Gasteiger partial charge in [-0.25, -0.2) is 4.79 Å². The lowest BCUT2D eigenvalue weighted by Crippen LogP contribution is -2.48. The van der Waals surface area contributed by atoms with E-state index >= 15 is 0 Å². The van der Waals surface area contributed by atoms with Gasteiger partial charge in [0.1, 0.15) is 6.61 Å². The summed E-state index contributed by atoms with van der Waals surface area (Å²) in [6.07, 6.45) is 3.29. The highest BCUT2D eigenvalue weighted by Gasteiger charge is 2.36. The quantitative estimate of drug-likeness (QED) is 0.830. The molecule has 2 rings (SSSR count). The normalized spacial score (nSPS) is 22.2. The van der Waals surface area contributed by atoms with Gasteiger partial charge in [-0.05, 0) is 12.5 Å². The van der Waals surface area contributed by atoms with Gasteiger partial charge in [-0.15, -0.1) is 0 Å². The predicted octanol–water partition coefficient (Wildman–Crippen LogP) is 1.95. The largest absolute Gasteiger partial charge is 0.445 e. The summed E-state index contributed by atoms with van der Waals surface area (Å²) in [5, 5.41) is 9.33. The van der Waals surface area contributed by atoms with E-state index in [1.54, 1.807) is 6.92 Å². The molecular weight excluding hydrogens is 230 g/mol. The lowest BCUT2D eigenvalue weighted by Gasteiger charge is -2.32. The molecule has 96 valence electrons. The zero-order valence-electron chi connectivity index (χ0n) is 10.4. The van der Waals surface area contributed by atoms with Gasteiger partial charge in [0.2, 0.25) is 0 Å². The van der Waals surface area contributed by atoms with Crippen LogP contribution in [-0.2, 0) is 11.3 Å². The first-order valence-electron chi connectivity index (χ1n) is 5.92. The number of carbonyl (C=O) groups is 1. The van der Waals surface area contributed by atoms with Crippen LogP contribution in [0.25, 0.3) is 0 Å². The molecule has 4 nitrogen and oxygen atoms in total. The van der Waals surface area contributed by atoms with Crippen molar-refractivity contribution in [3.63, 3.8) is 0 Å². The van der Waals surface area contributed by atoms with Crippen molar-refractivity contribution < 1.29 is 14.6 Å². The van der Waals surface area contributed by atoms with Crippen molar-refractivity contribution in [1.82, 2.24) is 4.90 Å². The van der Waals surface area contributed by atoms with Crippen LogP contribution >= 0.6 is 0 Å². The number of rotatable bonds is 3. The number of ether oxygens (including phenoxy) is 1. The first kappa shape index (κ1) is 12.6. The molecule has 0 saturated heterocycles. The minimum Gasteiger partial charge on any atom is -0.445 e. The Bertz CT molecular complexity index is 444. The van der Waals surface area contributed by atoms with Crippen LogP contribution in [0.1, 0.15) is 12.5 Å². The molecule has 0 radical (unpaired) electrons.